The Hall–Kier alpha value is -0.230. The van der Waals surface area contributed by atoms with Crippen molar-refractivity contribution >= 4 is 33.4 Å². The first-order chi connectivity index (χ1) is 8.49. The monoisotopic (exact) mass is 307 g/mol. The van der Waals surface area contributed by atoms with E-state index in [-0.39, 0.29) is 4.90 Å². The van der Waals surface area contributed by atoms with Crippen LogP contribution >= 0.6 is 23.4 Å². The van der Waals surface area contributed by atoms with Crippen LogP contribution in [0.2, 0.25) is 0 Å². The van der Waals surface area contributed by atoms with Crippen molar-refractivity contribution in [2.24, 2.45) is 5.14 Å². The van der Waals surface area contributed by atoms with Crippen molar-refractivity contribution < 1.29 is 8.42 Å². The van der Waals surface area contributed by atoms with Gasteiger partial charge >= 0.3 is 0 Å². The Morgan fingerprint density at radius 2 is 2.00 bits per heavy atom. The lowest BCUT2D eigenvalue weighted by molar-refractivity contribution is 0.595. The lowest BCUT2D eigenvalue weighted by Gasteiger charge is -2.08. The number of alkyl halides is 1. The molecule has 0 unspecified atom stereocenters. The van der Waals surface area contributed by atoms with E-state index in [0.717, 1.165) is 31.2 Å². The van der Waals surface area contributed by atoms with Crippen LogP contribution in [0.3, 0.4) is 0 Å². The van der Waals surface area contributed by atoms with Gasteiger partial charge in [-0.05, 0) is 43.2 Å². The number of benzene rings is 1. The lowest BCUT2D eigenvalue weighted by Crippen LogP contribution is -2.13. The van der Waals surface area contributed by atoms with Crippen LogP contribution in [0.25, 0.3) is 0 Å². The maximum absolute atomic E-state index is 11.5. The largest absolute Gasteiger partial charge is 0.239 e. The first kappa shape index (κ1) is 15.8. The predicted octanol–water partition coefficient (Wildman–Crippen LogP) is 3.01. The van der Waals surface area contributed by atoms with Crippen LogP contribution in [0.1, 0.15) is 24.8 Å². The highest BCUT2D eigenvalue weighted by atomic mass is 35.5. The average molecular weight is 308 g/mol. The molecule has 0 bridgehead atoms. The number of hydrogen-bond acceptors (Lipinski definition) is 3. The second-order valence-corrected chi connectivity index (χ2v) is 6.79. The van der Waals surface area contributed by atoms with Gasteiger partial charge in [-0.25, -0.2) is 13.6 Å². The second-order valence-electron chi connectivity index (χ2n) is 4.03. The van der Waals surface area contributed by atoms with Crippen LogP contribution in [-0.2, 0) is 16.4 Å². The average Bonchev–Trinajstić information content (AvgIpc) is 2.33. The summed E-state index contributed by atoms with van der Waals surface area (Å²) in [7, 11) is -3.65. The SMILES string of the molecule is CSc1ccc(CCCCCCl)cc1S(N)(=O)=O. The summed E-state index contributed by atoms with van der Waals surface area (Å²) >= 11 is 7.00. The van der Waals surface area contributed by atoms with Gasteiger partial charge in [-0.2, -0.15) is 0 Å². The molecule has 0 heterocycles. The smallest absolute Gasteiger partial charge is 0.225 e. The van der Waals surface area contributed by atoms with Gasteiger partial charge in [0.2, 0.25) is 10.0 Å². The van der Waals surface area contributed by atoms with E-state index >= 15 is 0 Å². The maximum atomic E-state index is 11.5. The normalized spacial score (nSPS) is 11.7. The number of hydrogen-bond donors (Lipinski definition) is 1. The number of unbranched alkanes of at least 4 members (excludes halogenated alkanes) is 2. The Morgan fingerprint density at radius 1 is 1.28 bits per heavy atom. The summed E-state index contributed by atoms with van der Waals surface area (Å²) in [4.78, 5) is 0.923. The molecular formula is C12H18ClNO2S2. The summed E-state index contributed by atoms with van der Waals surface area (Å²) in [5, 5.41) is 5.22. The highest BCUT2D eigenvalue weighted by Crippen LogP contribution is 2.25. The van der Waals surface area contributed by atoms with Crippen LogP contribution in [0.4, 0.5) is 0 Å². The molecule has 1 aromatic rings. The summed E-state index contributed by atoms with van der Waals surface area (Å²) in [5.41, 5.74) is 1.01. The van der Waals surface area contributed by atoms with Gasteiger partial charge in [0.05, 0.1) is 4.90 Å². The molecular weight excluding hydrogens is 290 g/mol. The van der Waals surface area contributed by atoms with E-state index in [1.165, 1.54) is 11.8 Å². The zero-order valence-electron chi connectivity index (χ0n) is 10.4. The third-order valence-electron chi connectivity index (χ3n) is 2.63. The highest BCUT2D eigenvalue weighted by Gasteiger charge is 2.14. The van der Waals surface area contributed by atoms with Crippen LogP contribution in [-0.4, -0.2) is 20.6 Å². The molecule has 0 atom stereocenters. The molecule has 0 spiro atoms. The van der Waals surface area contributed by atoms with Crippen molar-refractivity contribution in [1.82, 2.24) is 0 Å². The van der Waals surface area contributed by atoms with Gasteiger partial charge in [0.1, 0.15) is 0 Å². The minimum atomic E-state index is -3.65. The van der Waals surface area contributed by atoms with E-state index in [1.54, 1.807) is 6.07 Å². The van der Waals surface area contributed by atoms with E-state index < -0.39 is 10.0 Å². The van der Waals surface area contributed by atoms with Gasteiger partial charge in [0, 0.05) is 10.8 Å². The molecule has 0 aromatic heterocycles. The van der Waals surface area contributed by atoms with Crippen LogP contribution < -0.4 is 5.14 Å². The Morgan fingerprint density at radius 3 is 2.56 bits per heavy atom. The fourth-order valence-corrected chi connectivity index (χ4v) is 3.62. The van der Waals surface area contributed by atoms with Crippen molar-refractivity contribution in [3.05, 3.63) is 23.8 Å². The molecule has 6 heteroatoms. The van der Waals surface area contributed by atoms with Gasteiger partial charge < -0.3 is 0 Å². The molecule has 1 rings (SSSR count). The number of rotatable bonds is 7. The van der Waals surface area contributed by atoms with Gasteiger partial charge in [0.25, 0.3) is 0 Å². The second kappa shape index (κ2) is 7.38. The van der Waals surface area contributed by atoms with E-state index in [2.05, 4.69) is 0 Å². The molecule has 18 heavy (non-hydrogen) atoms. The minimum absolute atomic E-state index is 0.227. The van der Waals surface area contributed by atoms with Crippen molar-refractivity contribution in [2.45, 2.75) is 35.5 Å². The number of halogens is 1. The zero-order valence-corrected chi connectivity index (χ0v) is 12.7. The Balaban J connectivity index is 2.84. The van der Waals surface area contributed by atoms with E-state index in [0.29, 0.717) is 10.8 Å². The van der Waals surface area contributed by atoms with Crippen molar-refractivity contribution in [2.75, 3.05) is 12.1 Å². The first-order valence-corrected chi connectivity index (χ1v) is 9.05. The van der Waals surface area contributed by atoms with Crippen molar-refractivity contribution in [1.29, 1.82) is 0 Å². The summed E-state index contributed by atoms with van der Waals surface area (Å²) in [5.74, 6) is 0.674. The van der Waals surface area contributed by atoms with Crippen molar-refractivity contribution in [3.8, 4) is 0 Å². The summed E-state index contributed by atoms with van der Waals surface area (Å²) in [6.07, 6.45) is 5.75. The Bertz CT molecular complexity index is 489. The molecule has 0 aliphatic rings. The molecule has 2 N–H and O–H groups in total. The van der Waals surface area contributed by atoms with Crippen LogP contribution in [0, 0.1) is 0 Å². The third kappa shape index (κ3) is 4.80. The number of primary sulfonamides is 1. The number of nitrogens with two attached hydrogens (primary N) is 1. The van der Waals surface area contributed by atoms with Crippen molar-refractivity contribution in [3.63, 3.8) is 0 Å². The third-order valence-corrected chi connectivity index (χ3v) is 4.78. The van der Waals surface area contributed by atoms with E-state index in [9.17, 15) is 8.42 Å². The standard InChI is InChI=1S/C12H18ClNO2S2/c1-17-11-7-6-10(5-3-2-4-8-13)9-12(11)18(14,15)16/h6-7,9H,2-5,8H2,1H3,(H2,14,15,16). The van der Waals surface area contributed by atoms with Crippen LogP contribution in [0.15, 0.2) is 28.0 Å². The lowest BCUT2D eigenvalue weighted by atomic mass is 10.1. The molecule has 0 radical (unpaired) electrons. The molecule has 0 amide bonds. The van der Waals surface area contributed by atoms with Crippen LogP contribution in [0.5, 0.6) is 0 Å². The number of thioether (sulfide) groups is 1. The fourth-order valence-electron chi connectivity index (χ4n) is 1.70. The maximum Gasteiger partial charge on any atom is 0.239 e. The van der Waals surface area contributed by atoms with Gasteiger partial charge in [0.15, 0.2) is 0 Å². The fraction of sp³-hybridized carbons (Fsp3) is 0.500. The summed E-state index contributed by atoms with van der Waals surface area (Å²) in [6, 6.07) is 5.46. The molecule has 0 saturated carbocycles. The predicted molar refractivity (Wildman–Crippen MR) is 77.9 cm³/mol. The minimum Gasteiger partial charge on any atom is -0.225 e. The molecule has 102 valence electrons. The number of sulfonamides is 1. The highest BCUT2D eigenvalue weighted by molar-refractivity contribution is 7.99. The van der Waals surface area contributed by atoms with Gasteiger partial charge in [-0.3, -0.25) is 0 Å². The first-order valence-electron chi connectivity index (χ1n) is 5.74. The summed E-state index contributed by atoms with van der Waals surface area (Å²) in [6.45, 7) is 0. The zero-order chi connectivity index (χ0) is 13.6. The van der Waals surface area contributed by atoms with E-state index in [4.69, 9.17) is 16.7 Å². The molecule has 0 saturated heterocycles. The molecule has 0 aliphatic heterocycles. The Labute approximate surface area is 118 Å². The van der Waals surface area contributed by atoms with E-state index in [1.807, 2.05) is 18.4 Å². The molecule has 1 aromatic carbocycles. The number of aryl methyl sites for hydroxylation is 1. The van der Waals surface area contributed by atoms with Gasteiger partial charge in [-0.15, -0.1) is 23.4 Å². The molecule has 3 nitrogen and oxygen atoms in total. The van der Waals surface area contributed by atoms with Gasteiger partial charge in [-0.1, -0.05) is 12.5 Å². The summed E-state index contributed by atoms with van der Waals surface area (Å²) < 4.78 is 23.0. The topological polar surface area (TPSA) is 60.2 Å². The molecule has 0 aliphatic carbocycles. The quantitative estimate of drug-likeness (QED) is 0.478. The molecule has 0 fully saturated rings. The Kier molecular flexibility index (Phi) is 6.49.